The van der Waals surface area contributed by atoms with Crippen molar-refractivity contribution in [2.24, 2.45) is 0 Å². The highest BCUT2D eigenvalue weighted by Gasteiger charge is 2.35. The molecule has 2 aromatic heterocycles. The number of nitrogen functional groups attached to an aromatic ring is 2. The van der Waals surface area contributed by atoms with E-state index in [0.29, 0.717) is 23.1 Å². The van der Waals surface area contributed by atoms with E-state index in [1.165, 1.54) is 16.4 Å². The van der Waals surface area contributed by atoms with Crippen molar-refractivity contribution in [3.8, 4) is 11.1 Å². The van der Waals surface area contributed by atoms with E-state index in [2.05, 4.69) is 15.1 Å². The van der Waals surface area contributed by atoms with Crippen molar-refractivity contribution in [1.82, 2.24) is 19.7 Å². The third kappa shape index (κ3) is 3.93. The first-order valence-electron chi connectivity index (χ1n) is 11.5. The largest absolute Gasteiger partial charge is 0.383 e. The topological polar surface area (TPSA) is 133 Å². The maximum Gasteiger partial charge on any atom is 0.264 e. The predicted octanol–water partition coefficient (Wildman–Crippen LogP) is 3.79. The molecule has 3 aromatic carbocycles. The number of aromatic nitrogens is 4. The van der Waals surface area contributed by atoms with Crippen molar-refractivity contribution in [3.05, 3.63) is 90.4 Å². The first kappa shape index (κ1) is 22.9. The molecule has 9 nitrogen and oxygen atoms in total. The van der Waals surface area contributed by atoms with E-state index in [1.807, 2.05) is 18.2 Å². The molecule has 0 radical (unpaired) electrons. The normalized spacial score (nSPS) is 15.6. The van der Waals surface area contributed by atoms with Crippen LogP contribution in [0.25, 0.3) is 22.2 Å². The van der Waals surface area contributed by atoms with Gasteiger partial charge in [0.15, 0.2) is 5.65 Å². The number of sulfonamides is 1. The lowest BCUT2D eigenvalue weighted by molar-refractivity contribution is 0.456. The lowest BCUT2D eigenvalue weighted by Crippen LogP contribution is -2.41. The minimum atomic E-state index is -3.92. The second-order valence-corrected chi connectivity index (χ2v) is 10.7. The number of hydrogen-bond acceptors (Lipinski definition) is 7. The van der Waals surface area contributed by atoms with Crippen molar-refractivity contribution in [1.29, 1.82) is 0 Å². The van der Waals surface area contributed by atoms with Crippen LogP contribution in [0.5, 0.6) is 0 Å². The quantitative estimate of drug-likeness (QED) is 0.372. The monoisotopic (exact) mass is 515 g/mol. The van der Waals surface area contributed by atoms with Gasteiger partial charge in [-0.25, -0.2) is 17.5 Å². The molecule has 186 valence electrons. The molecule has 0 amide bonds. The van der Waals surface area contributed by atoms with E-state index in [4.69, 9.17) is 11.5 Å². The number of halogens is 1. The highest BCUT2D eigenvalue weighted by atomic mass is 32.2. The minimum Gasteiger partial charge on any atom is -0.383 e. The smallest absolute Gasteiger partial charge is 0.264 e. The van der Waals surface area contributed by atoms with Crippen LogP contribution in [0.2, 0.25) is 0 Å². The van der Waals surface area contributed by atoms with Gasteiger partial charge in [-0.15, -0.1) is 0 Å². The van der Waals surface area contributed by atoms with Crippen LogP contribution in [0.15, 0.2) is 83.9 Å². The standard InChI is InChI=1S/C26H22FN7O2S/c27-19-9-5-16(6-10-19)17-7-11-21(12-8-17)37(35,36)33-15-20(13-18-3-1-2-4-23(18)33)34-25-22(14-30-34)24(28)31-26(29)32-25/h1-12,14,20H,13,15H2,(H4,28,29,31,32). The molecule has 0 fully saturated rings. The Morgan fingerprint density at radius 2 is 1.57 bits per heavy atom. The summed E-state index contributed by atoms with van der Waals surface area (Å²) in [6.07, 6.45) is 2.12. The predicted molar refractivity (Wildman–Crippen MR) is 140 cm³/mol. The molecule has 1 aliphatic rings. The van der Waals surface area contributed by atoms with Gasteiger partial charge in [0.1, 0.15) is 11.6 Å². The molecule has 1 aliphatic heterocycles. The van der Waals surface area contributed by atoms with Crippen molar-refractivity contribution in [2.75, 3.05) is 22.3 Å². The van der Waals surface area contributed by atoms with Gasteiger partial charge in [-0.05, 0) is 53.4 Å². The molecule has 0 aliphatic carbocycles. The molecule has 5 aromatic rings. The molecule has 6 rings (SSSR count). The minimum absolute atomic E-state index is 0.0219. The fourth-order valence-electron chi connectivity index (χ4n) is 4.75. The van der Waals surface area contributed by atoms with Gasteiger partial charge in [-0.3, -0.25) is 4.31 Å². The number of benzene rings is 3. The summed E-state index contributed by atoms with van der Waals surface area (Å²) in [5.41, 5.74) is 15.3. The molecule has 11 heteroatoms. The van der Waals surface area contributed by atoms with Crippen molar-refractivity contribution in [2.45, 2.75) is 17.4 Å². The Morgan fingerprint density at radius 3 is 2.30 bits per heavy atom. The second kappa shape index (κ2) is 8.56. The van der Waals surface area contributed by atoms with E-state index in [9.17, 15) is 12.8 Å². The molecule has 37 heavy (non-hydrogen) atoms. The Kier molecular flexibility index (Phi) is 5.30. The molecule has 3 heterocycles. The maximum absolute atomic E-state index is 13.9. The van der Waals surface area contributed by atoms with Gasteiger partial charge in [0.25, 0.3) is 10.0 Å². The van der Waals surface area contributed by atoms with Crippen molar-refractivity contribution < 1.29 is 12.8 Å². The van der Waals surface area contributed by atoms with Crippen LogP contribution >= 0.6 is 0 Å². The van der Waals surface area contributed by atoms with E-state index in [0.717, 1.165) is 16.7 Å². The Labute approximate surface area is 212 Å². The summed E-state index contributed by atoms with van der Waals surface area (Å²) in [6.45, 7) is 0.139. The van der Waals surface area contributed by atoms with Gasteiger partial charge in [0.2, 0.25) is 5.95 Å². The zero-order chi connectivity index (χ0) is 25.7. The SMILES string of the molecule is Nc1nc(N)c2cnn(C3Cc4ccccc4N(S(=O)(=O)c4ccc(-c5ccc(F)cc5)cc4)C3)c2n1. The van der Waals surface area contributed by atoms with Crippen LogP contribution in [0.3, 0.4) is 0 Å². The Morgan fingerprint density at radius 1 is 0.892 bits per heavy atom. The van der Waals surface area contributed by atoms with E-state index >= 15 is 0 Å². The summed E-state index contributed by atoms with van der Waals surface area (Å²) in [5.74, 6) is -0.0903. The Hall–Kier alpha value is -4.51. The van der Waals surface area contributed by atoms with Crippen LogP contribution in [0.1, 0.15) is 11.6 Å². The third-order valence-electron chi connectivity index (χ3n) is 6.56. The molecular weight excluding hydrogens is 493 g/mol. The highest BCUT2D eigenvalue weighted by molar-refractivity contribution is 7.92. The van der Waals surface area contributed by atoms with E-state index < -0.39 is 10.0 Å². The number of fused-ring (bicyclic) bond motifs is 2. The highest BCUT2D eigenvalue weighted by Crippen LogP contribution is 2.37. The lowest BCUT2D eigenvalue weighted by atomic mass is 10.00. The zero-order valence-electron chi connectivity index (χ0n) is 19.5. The number of anilines is 3. The summed E-state index contributed by atoms with van der Waals surface area (Å²) in [5, 5.41) is 5.02. The van der Waals surface area contributed by atoms with Crippen molar-refractivity contribution >= 4 is 38.5 Å². The summed E-state index contributed by atoms with van der Waals surface area (Å²) < 4.78 is 44.2. The van der Waals surface area contributed by atoms with Crippen LogP contribution in [0.4, 0.5) is 21.8 Å². The van der Waals surface area contributed by atoms with E-state index in [-0.39, 0.29) is 35.1 Å². The molecule has 0 saturated carbocycles. The second-order valence-electron chi connectivity index (χ2n) is 8.85. The van der Waals surface area contributed by atoms with Gasteiger partial charge >= 0.3 is 0 Å². The third-order valence-corrected chi connectivity index (χ3v) is 8.35. The fourth-order valence-corrected chi connectivity index (χ4v) is 6.29. The van der Waals surface area contributed by atoms with Crippen LogP contribution in [0, 0.1) is 5.82 Å². The number of rotatable bonds is 4. The summed E-state index contributed by atoms with van der Waals surface area (Å²) in [4.78, 5) is 8.45. The number of para-hydroxylation sites is 1. The number of hydrogen-bond donors (Lipinski definition) is 2. The Balaban J connectivity index is 1.39. The molecule has 1 atom stereocenters. The Bertz CT molecular complexity index is 1740. The molecule has 1 unspecified atom stereocenters. The van der Waals surface area contributed by atoms with Crippen molar-refractivity contribution in [3.63, 3.8) is 0 Å². The zero-order valence-corrected chi connectivity index (χ0v) is 20.3. The van der Waals surface area contributed by atoms with Gasteiger partial charge in [0.05, 0.1) is 34.8 Å². The number of nitrogens with two attached hydrogens (primary N) is 2. The molecule has 0 bridgehead atoms. The summed E-state index contributed by atoms with van der Waals surface area (Å²) in [7, 11) is -3.92. The van der Waals surface area contributed by atoms with Gasteiger partial charge in [0, 0.05) is 0 Å². The van der Waals surface area contributed by atoms with Crippen LogP contribution in [-0.4, -0.2) is 34.7 Å². The van der Waals surface area contributed by atoms with Crippen LogP contribution in [-0.2, 0) is 16.4 Å². The van der Waals surface area contributed by atoms with E-state index in [1.54, 1.807) is 53.3 Å². The average Bonchev–Trinajstić information content (AvgIpc) is 3.33. The summed E-state index contributed by atoms with van der Waals surface area (Å²) in [6, 6.07) is 19.7. The fraction of sp³-hybridized carbons (Fsp3) is 0.115. The molecule has 0 spiro atoms. The van der Waals surface area contributed by atoms with Gasteiger partial charge in [-0.2, -0.15) is 15.1 Å². The number of nitrogens with zero attached hydrogens (tertiary/aromatic N) is 5. The first-order valence-corrected chi connectivity index (χ1v) is 13.0. The maximum atomic E-state index is 13.9. The van der Waals surface area contributed by atoms with Gasteiger partial charge < -0.3 is 11.5 Å². The van der Waals surface area contributed by atoms with Crippen LogP contribution < -0.4 is 15.8 Å². The molecular formula is C26H22FN7O2S. The summed E-state index contributed by atoms with van der Waals surface area (Å²) >= 11 is 0. The first-order chi connectivity index (χ1) is 17.8. The molecule has 4 N–H and O–H groups in total. The lowest BCUT2D eigenvalue weighted by Gasteiger charge is -2.35. The van der Waals surface area contributed by atoms with Gasteiger partial charge in [-0.1, -0.05) is 42.5 Å². The average molecular weight is 516 g/mol. The molecule has 0 saturated heterocycles.